The maximum Gasteiger partial charge on any atom is 0.324 e. The van der Waals surface area contributed by atoms with Crippen LogP contribution in [0.25, 0.3) is 10.9 Å². The Morgan fingerprint density at radius 2 is 2.03 bits per heavy atom. The van der Waals surface area contributed by atoms with Crippen LogP contribution in [0.2, 0.25) is 0 Å². The number of benzene rings is 1. The molecule has 0 aliphatic heterocycles. The lowest BCUT2D eigenvalue weighted by Gasteiger charge is -2.38. The third-order valence-electron chi connectivity index (χ3n) is 6.33. The number of aliphatic hydroxyl groups is 1. The summed E-state index contributed by atoms with van der Waals surface area (Å²) in [6.07, 6.45) is 1.84. The van der Waals surface area contributed by atoms with Gasteiger partial charge in [0.15, 0.2) is 11.2 Å². The molecule has 2 aliphatic rings. The van der Waals surface area contributed by atoms with Gasteiger partial charge in [0.1, 0.15) is 0 Å². The quantitative estimate of drug-likeness (QED) is 0.622. The van der Waals surface area contributed by atoms with Gasteiger partial charge < -0.3 is 9.84 Å². The van der Waals surface area contributed by atoms with E-state index in [1.54, 1.807) is 29.8 Å². The molecule has 1 aromatic heterocycles. The number of carbonyl (C=O) groups excluding carboxylic acids is 3. The summed E-state index contributed by atoms with van der Waals surface area (Å²) in [4.78, 5) is 39.8. The van der Waals surface area contributed by atoms with Crippen LogP contribution in [0.15, 0.2) is 24.4 Å². The minimum absolute atomic E-state index is 0.0614. The minimum Gasteiger partial charge on any atom is -0.465 e. The third-order valence-corrected chi connectivity index (χ3v) is 6.33. The van der Waals surface area contributed by atoms with Crippen molar-refractivity contribution in [3.63, 3.8) is 0 Å². The fourth-order valence-corrected chi connectivity index (χ4v) is 4.89. The number of esters is 1. The van der Waals surface area contributed by atoms with E-state index in [-0.39, 0.29) is 24.7 Å². The predicted octanol–water partition coefficient (Wildman–Crippen LogP) is 3.02. The summed E-state index contributed by atoms with van der Waals surface area (Å²) in [7, 11) is 0. The van der Waals surface area contributed by atoms with Gasteiger partial charge in [-0.2, -0.15) is 0 Å². The van der Waals surface area contributed by atoms with Gasteiger partial charge in [0, 0.05) is 22.9 Å². The maximum atomic E-state index is 13.5. The van der Waals surface area contributed by atoms with Crippen molar-refractivity contribution >= 4 is 28.6 Å². The molecule has 0 saturated heterocycles. The first-order valence-corrected chi connectivity index (χ1v) is 10.2. The molecule has 1 saturated carbocycles. The average molecular weight is 397 g/mol. The van der Waals surface area contributed by atoms with E-state index in [0.29, 0.717) is 23.9 Å². The van der Waals surface area contributed by atoms with E-state index in [9.17, 15) is 19.5 Å². The molecule has 4 rings (SSSR count). The van der Waals surface area contributed by atoms with Crippen LogP contribution in [0.4, 0.5) is 0 Å². The van der Waals surface area contributed by atoms with Crippen molar-refractivity contribution in [3.8, 4) is 0 Å². The summed E-state index contributed by atoms with van der Waals surface area (Å²) in [6.45, 7) is 7.47. The average Bonchev–Trinajstić information content (AvgIpc) is 3.00. The lowest BCUT2D eigenvalue weighted by atomic mass is 9.64. The summed E-state index contributed by atoms with van der Waals surface area (Å²) in [5.74, 6) is -1.58. The molecule has 0 amide bonds. The zero-order valence-electron chi connectivity index (χ0n) is 17.3. The fraction of sp³-hybridized carbons (Fsp3) is 0.522. The van der Waals surface area contributed by atoms with Crippen LogP contribution >= 0.6 is 0 Å². The van der Waals surface area contributed by atoms with Gasteiger partial charge in [-0.15, -0.1) is 0 Å². The molecule has 1 fully saturated rings. The molecule has 1 N–H and O–H groups in total. The monoisotopic (exact) mass is 397 g/mol. The van der Waals surface area contributed by atoms with E-state index in [0.717, 1.165) is 10.9 Å². The molecule has 0 radical (unpaired) electrons. The Kier molecular flexibility index (Phi) is 4.46. The highest BCUT2D eigenvalue weighted by molar-refractivity contribution is 6.16. The van der Waals surface area contributed by atoms with Crippen molar-refractivity contribution in [2.45, 2.75) is 58.5 Å². The van der Waals surface area contributed by atoms with Crippen LogP contribution in [-0.2, 0) is 26.2 Å². The third kappa shape index (κ3) is 2.69. The van der Waals surface area contributed by atoms with Crippen molar-refractivity contribution in [2.24, 2.45) is 11.3 Å². The Balaban J connectivity index is 2.05. The number of carbonyl (C=O) groups is 3. The Morgan fingerprint density at radius 1 is 1.31 bits per heavy atom. The van der Waals surface area contributed by atoms with Gasteiger partial charge in [0.2, 0.25) is 5.91 Å². The van der Waals surface area contributed by atoms with Crippen LogP contribution in [0.3, 0.4) is 0 Å². The van der Waals surface area contributed by atoms with Gasteiger partial charge in [-0.05, 0) is 43.4 Å². The summed E-state index contributed by atoms with van der Waals surface area (Å²) in [5.41, 5.74) is 0.0903. The number of nitrogens with zero attached hydrogens (tertiary/aromatic N) is 1. The predicted molar refractivity (Wildman–Crippen MR) is 108 cm³/mol. The van der Waals surface area contributed by atoms with Crippen LogP contribution in [0.5, 0.6) is 0 Å². The normalized spacial score (nSPS) is 26.3. The zero-order chi connectivity index (χ0) is 21.1. The zero-order valence-corrected chi connectivity index (χ0v) is 17.3. The van der Waals surface area contributed by atoms with E-state index in [4.69, 9.17) is 4.74 Å². The van der Waals surface area contributed by atoms with E-state index < -0.39 is 28.8 Å². The molecule has 1 aromatic carbocycles. The molecule has 1 heterocycles. The number of fused-ring (bicyclic) bond motifs is 3. The van der Waals surface area contributed by atoms with Crippen LogP contribution in [-0.4, -0.2) is 40.0 Å². The number of ether oxygens (including phenoxy) is 1. The standard InChI is InChI=1S/C23H27NO5/c1-5-29-21(28)23-10-9-17(25)14(19(23)26)11-13-12-24(20(27)22(2,3)4)16-8-6-7-15(23)18(13)16/h6-8,12,14,17,25H,5,9-11H2,1-4H3/t14-,17?,23+/m0/s1. The molecule has 6 heteroatoms. The second-order valence-corrected chi connectivity index (χ2v) is 9.19. The highest BCUT2D eigenvalue weighted by Gasteiger charge is 2.57. The fourth-order valence-electron chi connectivity index (χ4n) is 4.89. The first-order valence-electron chi connectivity index (χ1n) is 10.2. The number of rotatable bonds is 2. The number of hydrogen-bond acceptors (Lipinski definition) is 5. The lowest BCUT2D eigenvalue weighted by Crippen LogP contribution is -2.54. The Bertz CT molecular complexity index is 1030. The SMILES string of the molecule is CCOC(=O)[C@]12CCC(O)[C@H](Cc3cn(C(=O)C(C)(C)C)c4cccc1c34)C2=O. The maximum absolute atomic E-state index is 13.5. The van der Waals surface area contributed by atoms with Crippen molar-refractivity contribution in [1.29, 1.82) is 0 Å². The molecule has 6 nitrogen and oxygen atoms in total. The molecular formula is C23H27NO5. The molecule has 1 unspecified atom stereocenters. The summed E-state index contributed by atoms with van der Waals surface area (Å²) in [5, 5.41) is 11.3. The van der Waals surface area contributed by atoms with Crippen molar-refractivity contribution in [1.82, 2.24) is 4.57 Å². The number of Topliss-reactive ketones (excluding diaryl/α,β-unsaturated/α-hetero) is 1. The summed E-state index contributed by atoms with van der Waals surface area (Å²) < 4.78 is 6.99. The number of hydrogen-bond donors (Lipinski definition) is 1. The number of aliphatic hydroxyl groups excluding tert-OH is 1. The minimum atomic E-state index is -1.43. The van der Waals surface area contributed by atoms with E-state index >= 15 is 0 Å². The van der Waals surface area contributed by atoms with E-state index in [1.165, 1.54) is 0 Å². The first-order chi connectivity index (χ1) is 13.6. The lowest BCUT2D eigenvalue weighted by molar-refractivity contribution is -0.159. The molecular weight excluding hydrogens is 370 g/mol. The van der Waals surface area contributed by atoms with E-state index in [1.807, 2.05) is 26.8 Å². The smallest absolute Gasteiger partial charge is 0.324 e. The Labute approximate surface area is 169 Å². The van der Waals surface area contributed by atoms with Crippen molar-refractivity contribution < 1.29 is 24.2 Å². The highest BCUT2D eigenvalue weighted by Crippen LogP contribution is 2.48. The van der Waals surface area contributed by atoms with Gasteiger partial charge in [-0.3, -0.25) is 19.0 Å². The van der Waals surface area contributed by atoms with Crippen molar-refractivity contribution in [2.75, 3.05) is 6.61 Å². The van der Waals surface area contributed by atoms with Gasteiger partial charge >= 0.3 is 5.97 Å². The summed E-state index contributed by atoms with van der Waals surface area (Å²) >= 11 is 0. The van der Waals surface area contributed by atoms with Crippen LogP contribution < -0.4 is 0 Å². The topological polar surface area (TPSA) is 85.6 Å². The van der Waals surface area contributed by atoms with Gasteiger partial charge in [0.25, 0.3) is 0 Å². The number of aromatic nitrogens is 1. The Hall–Kier alpha value is -2.47. The van der Waals surface area contributed by atoms with Gasteiger partial charge in [-0.1, -0.05) is 32.9 Å². The van der Waals surface area contributed by atoms with Crippen LogP contribution in [0.1, 0.15) is 56.5 Å². The second-order valence-electron chi connectivity index (χ2n) is 9.19. The molecule has 29 heavy (non-hydrogen) atoms. The van der Waals surface area contributed by atoms with Gasteiger partial charge in [-0.25, -0.2) is 0 Å². The molecule has 154 valence electrons. The first kappa shape index (κ1) is 19.8. The molecule has 2 bridgehead atoms. The second kappa shape index (κ2) is 6.52. The molecule has 3 atom stereocenters. The van der Waals surface area contributed by atoms with Crippen molar-refractivity contribution in [3.05, 3.63) is 35.5 Å². The number of ketones is 1. The van der Waals surface area contributed by atoms with Gasteiger partial charge in [0.05, 0.1) is 18.2 Å². The molecule has 0 spiro atoms. The Morgan fingerprint density at radius 3 is 2.69 bits per heavy atom. The highest BCUT2D eigenvalue weighted by atomic mass is 16.5. The molecule has 2 aromatic rings. The summed E-state index contributed by atoms with van der Waals surface area (Å²) in [6, 6.07) is 5.43. The van der Waals surface area contributed by atoms with Crippen LogP contribution in [0, 0.1) is 11.3 Å². The van der Waals surface area contributed by atoms with E-state index in [2.05, 4.69) is 0 Å². The molecule has 2 aliphatic carbocycles. The largest absolute Gasteiger partial charge is 0.465 e.